The zero-order chi connectivity index (χ0) is 13.8. The molecule has 0 aliphatic carbocycles. The van der Waals surface area contributed by atoms with Crippen molar-refractivity contribution < 1.29 is 14.6 Å². The van der Waals surface area contributed by atoms with Crippen molar-refractivity contribution in [2.75, 3.05) is 12.4 Å². The average molecular weight is 279 g/mol. The number of hydrogen-bond acceptors (Lipinski definition) is 6. The van der Waals surface area contributed by atoms with Crippen LogP contribution in [0.4, 0.5) is 5.13 Å². The minimum Gasteiger partial charge on any atom is -0.480 e. The summed E-state index contributed by atoms with van der Waals surface area (Å²) in [7, 11) is 1.45. The molecule has 0 fully saturated rings. The van der Waals surface area contributed by atoms with Gasteiger partial charge in [-0.2, -0.15) is 0 Å². The minimum atomic E-state index is -0.658. The van der Waals surface area contributed by atoms with E-state index in [1.807, 2.05) is 0 Å². The topological polar surface area (TPSA) is 84.3 Å². The number of thiazole rings is 1. The first-order chi connectivity index (χ1) is 9.11. The normalized spacial score (nSPS) is 11.9. The highest BCUT2D eigenvalue weighted by Crippen LogP contribution is 2.22. The number of carbonyl (C=O) groups is 1. The van der Waals surface area contributed by atoms with Crippen LogP contribution < -0.4 is 10.1 Å². The second-order valence-electron chi connectivity index (χ2n) is 3.77. The van der Waals surface area contributed by atoms with Crippen LogP contribution >= 0.6 is 11.3 Å². The lowest BCUT2D eigenvalue weighted by Gasteiger charge is -2.05. The number of nitrogens with one attached hydrogen (secondary N) is 1. The molecule has 0 bridgehead atoms. The molecule has 0 saturated carbocycles. The Kier molecular flexibility index (Phi) is 4.08. The number of aliphatic hydroxyl groups is 1. The van der Waals surface area contributed by atoms with Crippen LogP contribution in [0.25, 0.3) is 0 Å². The first-order valence-corrected chi connectivity index (χ1v) is 6.43. The van der Waals surface area contributed by atoms with Crippen molar-refractivity contribution in [3.8, 4) is 5.88 Å². The molecule has 0 aromatic carbocycles. The Morgan fingerprint density at radius 3 is 3.00 bits per heavy atom. The highest BCUT2D eigenvalue weighted by molar-refractivity contribution is 7.14. The van der Waals surface area contributed by atoms with E-state index in [1.165, 1.54) is 18.4 Å². The highest BCUT2D eigenvalue weighted by Gasteiger charge is 2.15. The van der Waals surface area contributed by atoms with E-state index >= 15 is 0 Å². The van der Waals surface area contributed by atoms with E-state index in [2.05, 4.69) is 15.3 Å². The molecular formula is C12H13N3O3S. The number of rotatable bonds is 4. The summed E-state index contributed by atoms with van der Waals surface area (Å²) < 4.78 is 5.02. The summed E-state index contributed by atoms with van der Waals surface area (Å²) in [6.45, 7) is 1.62. The van der Waals surface area contributed by atoms with Crippen molar-refractivity contribution in [3.05, 3.63) is 35.0 Å². The molecule has 19 heavy (non-hydrogen) atoms. The van der Waals surface area contributed by atoms with Crippen molar-refractivity contribution >= 4 is 22.4 Å². The van der Waals surface area contributed by atoms with Gasteiger partial charge in [-0.05, 0) is 19.1 Å². The van der Waals surface area contributed by atoms with E-state index < -0.39 is 6.10 Å². The number of amides is 1. The lowest BCUT2D eigenvalue weighted by molar-refractivity contribution is 0.102. The minimum absolute atomic E-state index is 0.257. The second-order valence-corrected chi connectivity index (χ2v) is 4.63. The quantitative estimate of drug-likeness (QED) is 0.892. The van der Waals surface area contributed by atoms with Crippen LogP contribution in [-0.4, -0.2) is 28.1 Å². The second kappa shape index (κ2) is 5.77. The van der Waals surface area contributed by atoms with E-state index in [9.17, 15) is 9.90 Å². The smallest absolute Gasteiger partial charge is 0.262 e. The van der Waals surface area contributed by atoms with Gasteiger partial charge >= 0.3 is 0 Å². The van der Waals surface area contributed by atoms with Gasteiger partial charge in [-0.1, -0.05) is 0 Å². The van der Waals surface area contributed by atoms with Crippen molar-refractivity contribution in [2.45, 2.75) is 13.0 Å². The van der Waals surface area contributed by atoms with E-state index in [-0.39, 0.29) is 11.8 Å². The number of ether oxygens (including phenoxy) is 1. The third-order valence-electron chi connectivity index (χ3n) is 2.38. The average Bonchev–Trinajstić information content (AvgIpc) is 2.87. The number of carbonyl (C=O) groups excluding carboxylic acids is 1. The lowest BCUT2D eigenvalue weighted by atomic mass is 10.2. The SMILES string of the molecule is COc1ncccc1C(=O)Nc1nc(C(C)O)cs1. The van der Waals surface area contributed by atoms with Crippen LogP contribution in [0.5, 0.6) is 5.88 Å². The Balaban J connectivity index is 2.16. The third kappa shape index (κ3) is 3.07. The molecule has 2 N–H and O–H groups in total. The number of methoxy groups -OCH3 is 1. The number of aromatic nitrogens is 2. The van der Waals surface area contributed by atoms with Crippen LogP contribution in [0.3, 0.4) is 0 Å². The number of hydrogen-bond donors (Lipinski definition) is 2. The molecule has 6 nitrogen and oxygen atoms in total. The summed E-state index contributed by atoms with van der Waals surface area (Å²) in [5, 5.41) is 14.1. The highest BCUT2D eigenvalue weighted by atomic mass is 32.1. The van der Waals surface area contributed by atoms with Crippen molar-refractivity contribution in [3.63, 3.8) is 0 Å². The number of aliphatic hydroxyl groups excluding tert-OH is 1. The molecule has 2 rings (SSSR count). The maximum Gasteiger partial charge on any atom is 0.262 e. The summed E-state index contributed by atoms with van der Waals surface area (Å²) in [5.41, 5.74) is 0.859. The molecule has 0 aliphatic heterocycles. The van der Waals surface area contributed by atoms with Gasteiger partial charge < -0.3 is 9.84 Å². The van der Waals surface area contributed by atoms with Crippen LogP contribution in [-0.2, 0) is 0 Å². The zero-order valence-electron chi connectivity index (χ0n) is 10.5. The maximum atomic E-state index is 12.0. The standard InChI is InChI=1S/C12H13N3O3S/c1-7(16)9-6-19-12(14-9)15-10(17)8-4-3-5-13-11(8)18-2/h3-7,16H,1-2H3,(H,14,15,17). The van der Waals surface area contributed by atoms with Crippen LogP contribution in [0.15, 0.2) is 23.7 Å². The fourth-order valence-electron chi connectivity index (χ4n) is 1.43. The van der Waals surface area contributed by atoms with Crippen molar-refractivity contribution in [2.24, 2.45) is 0 Å². The zero-order valence-corrected chi connectivity index (χ0v) is 11.3. The molecule has 2 heterocycles. The van der Waals surface area contributed by atoms with Gasteiger partial charge in [-0.25, -0.2) is 9.97 Å². The summed E-state index contributed by atoms with van der Waals surface area (Å²) in [6, 6.07) is 3.27. The number of nitrogens with zero attached hydrogens (tertiary/aromatic N) is 2. The molecule has 0 spiro atoms. The monoisotopic (exact) mass is 279 g/mol. The molecule has 2 aromatic rings. The van der Waals surface area contributed by atoms with E-state index in [0.717, 1.165) is 0 Å². The Hall–Kier alpha value is -1.99. The molecule has 2 aromatic heterocycles. The molecule has 0 aliphatic rings. The largest absolute Gasteiger partial charge is 0.480 e. The van der Waals surface area contributed by atoms with Crippen LogP contribution in [0.2, 0.25) is 0 Å². The molecule has 1 atom stereocenters. The summed E-state index contributed by atoms with van der Waals surface area (Å²) in [5.74, 6) is -0.0938. The third-order valence-corrected chi connectivity index (χ3v) is 3.16. The van der Waals surface area contributed by atoms with Gasteiger partial charge in [0.2, 0.25) is 5.88 Å². The fraction of sp³-hybridized carbons (Fsp3) is 0.250. The summed E-state index contributed by atoms with van der Waals surface area (Å²) in [6.07, 6.45) is 0.889. The molecule has 0 radical (unpaired) electrons. The predicted octanol–water partition coefficient (Wildman–Crippen LogP) is 1.85. The fourth-order valence-corrected chi connectivity index (χ4v) is 2.22. The van der Waals surface area contributed by atoms with Gasteiger partial charge in [0.25, 0.3) is 5.91 Å². The molecule has 7 heteroatoms. The van der Waals surface area contributed by atoms with Gasteiger partial charge in [-0.15, -0.1) is 11.3 Å². The maximum absolute atomic E-state index is 12.0. The summed E-state index contributed by atoms with van der Waals surface area (Å²) >= 11 is 1.25. The van der Waals surface area contributed by atoms with Crippen LogP contribution in [0.1, 0.15) is 29.1 Å². The van der Waals surface area contributed by atoms with Gasteiger partial charge in [0.15, 0.2) is 5.13 Å². The predicted molar refractivity (Wildman–Crippen MR) is 71.5 cm³/mol. The van der Waals surface area contributed by atoms with Gasteiger partial charge in [0.05, 0.1) is 18.9 Å². The van der Waals surface area contributed by atoms with Crippen molar-refractivity contribution in [1.29, 1.82) is 0 Å². The molecule has 1 unspecified atom stereocenters. The number of pyridine rings is 1. The number of anilines is 1. The van der Waals surface area contributed by atoms with Gasteiger partial charge in [-0.3, -0.25) is 10.1 Å². The van der Waals surface area contributed by atoms with Crippen molar-refractivity contribution in [1.82, 2.24) is 9.97 Å². The van der Waals surface area contributed by atoms with Crippen LogP contribution in [0, 0.1) is 0 Å². The molecule has 1 amide bonds. The van der Waals surface area contributed by atoms with E-state index in [0.29, 0.717) is 16.4 Å². The summed E-state index contributed by atoms with van der Waals surface area (Å²) in [4.78, 5) is 20.1. The molecule has 0 saturated heterocycles. The first-order valence-electron chi connectivity index (χ1n) is 5.55. The Bertz CT molecular complexity index is 583. The van der Waals surface area contributed by atoms with Gasteiger partial charge in [0.1, 0.15) is 5.56 Å². The lowest BCUT2D eigenvalue weighted by Crippen LogP contribution is -2.13. The molecular weight excluding hydrogens is 266 g/mol. The van der Waals surface area contributed by atoms with E-state index in [4.69, 9.17) is 4.74 Å². The van der Waals surface area contributed by atoms with Gasteiger partial charge in [0, 0.05) is 11.6 Å². The Labute approximate surface area is 114 Å². The van der Waals surface area contributed by atoms with E-state index in [1.54, 1.807) is 30.6 Å². The molecule has 100 valence electrons. The Morgan fingerprint density at radius 2 is 2.37 bits per heavy atom. The Morgan fingerprint density at radius 1 is 1.58 bits per heavy atom. The first kappa shape index (κ1) is 13.4.